The first-order valence-corrected chi connectivity index (χ1v) is 13.7. The molecule has 0 saturated heterocycles. The fourth-order valence-corrected chi connectivity index (χ4v) is 4.76. The smallest absolute Gasteiger partial charge is 0.251 e. The van der Waals surface area contributed by atoms with Gasteiger partial charge in [0.15, 0.2) is 5.96 Å². The van der Waals surface area contributed by atoms with E-state index < -0.39 is 6.04 Å². The van der Waals surface area contributed by atoms with Crippen LogP contribution in [0.3, 0.4) is 0 Å². The first kappa shape index (κ1) is 28.6. The first-order valence-electron chi connectivity index (χ1n) is 13.7. The summed E-state index contributed by atoms with van der Waals surface area (Å²) in [6.07, 6.45) is 2.01. The van der Waals surface area contributed by atoms with E-state index >= 15 is 0 Å². The van der Waals surface area contributed by atoms with Gasteiger partial charge in [0.05, 0.1) is 6.04 Å². The maximum absolute atomic E-state index is 13.4. The number of fused-ring (bicyclic) bond motifs is 2. The molecule has 4 rings (SSSR count). The van der Waals surface area contributed by atoms with Crippen molar-refractivity contribution >= 4 is 39.3 Å². The van der Waals surface area contributed by atoms with Crippen LogP contribution in [0.5, 0.6) is 0 Å². The molecular weight excluding hydrogens is 500 g/mol. The average Bonchev–Trinajstić information content (AvgIpc) is 2.98. The predicted octanol–water partition coefficient (Wildman–Crippen LogP) is 3.65. The number of benzene rings is 4. The minimum absolute atomic E-state index is 0.00414. The van der Waals surface area contributed by atoms with Gasteiger partial charge in [0.1, 0.15) is 0 Å². The van der Waals surface area contributed by atoms with Gasteiger partial charge < -0.3 is 26.6 Å². The van der Waals surface area contributed by atoms with Gasteiger partial charge in [0, 0.05) is 38.8 Å². The zero-order chi connectivity index (χ0) is 28.3. The molecule has 8 nitrogen and oxygen atoms in total. The molecular formula is C32H38N6O2. The molecule has 0 heterocycles. The third-order valence-corrected chi connectivity index (χ3v) is 7.02. The van der Waals surface area contributed by atoms with E-state index in [1.807, 2.05) is 61.6 Å². The number of guanidine groups is 1. The van der Waals surface area contributed by atoms with Crippen molar-refractivity contribution in [1.29, 1.82) is 5.41 Å². The Morgan fingerprint density at radius 1 is 0.825 bits per heavy atom. The van der Waals surface area contributed by atoms with Gasteiger partial charge in [-0.15, -0.1) is 0 Å². The van der Waals surface area contributed by atoms with E-state index in [1.54, 1.807) is 4.90 Å². The molecule has 0 spiro atoms. The van der Waals surface area contributed by atoms with Crippen LogP contribution in [-0.2, 0) is 11.2 Å². The van der Waals surface area contributed by atoms with Crippen LogP contribution in [-0.4, -0.2) is 61.9 Å². The second kappa shape index (κ2) is 14.1. The van der Waals surface area contributed by atoms with Crippen molar-refractivity contribution in [1.82, 2.24) is 20.9 Å². The number of likely N-dealkylation sites (N-methyl/N-ethyl adjacent to an activating group) is 1. The van der Waals surface area contributed by atoms with Gasteiger partial charge in [-0.1, -0.05) is 72.8 Å². The van der Waals surface area contributed by atoms with Gasteiger partial charge >= 0.3 is 0 Å². The zero-order valence-electron chi connectivity index (χ0n) is 23.0. The summed E-state index contributed by atoms with van der Waals surface area (Å²) in [6, 6.07) is 27.8. The number of carbonyl (C=O) groups is 2. The summed E-state index contributed by atoms with van der Waals surface area (Å²) in [6.45, 7) is 1.95. The molecule has 6 N–H and O–H groups in total. The van der Waals surface area contributed by atoms with Crippen LogP contribution in [0, 0.1) is 5.41 Å². The molecule has 0 aliphatic heterocycles. The van der Waals surface area contributed by atoms with Crippen LogP contribution in [0.1, 0.15) is 28.8 Å². The van der Waals surface area contributed by atoms with E-state index in [9.17, 15) is 9.59 Å². The van der Waals surface area contributed by atoms with E-state index in [1.165, 1.54) is 16.3 Å². The topological polar surface area (TPSA) is 123 Å². The number of hydrogen-bond donors (Lipinski definition) is 5. The maximum atomic E-state index is 13.4. The molecule has 0 aliphatic carbocycles. The fraction of sp³-hybridized carbons (Fsp3) is 0.281. The Morgan fingerprint density at radius 3 is 2.17 bits per heavy atom. The van der Waals surface area contributed by atoms with Gasteiger partial charge in [-0.2, -0.15) is 0 Å². The lowest BCUT2D eigenvalue weighted by atomic mass is 10.0. The summed E-state index contributed by atoms with van der Waals surface area (Å²) in [7, 11) is 1.83. The number of amides is 2. The van der Waals surface area contributed by atoms with Crippen LogP contribution >= 0.6 is 0 Å². The number of nitrogens with one attached hydrogen (secondary N) is 4. The zero-order valence-corrected chi connectivity index (χ0v) is 23.0. The Hall–Kier alpha value is -4.43. The summed E-state index contributed by atoms with van der Waals surface area (Å²) in [5, 5.41) is 20.9. The third kappa shape index (κ3) is 8.04. The van der Waals surface area contributed by atoms with Crippen LogP contribution in [0.2, 0.25) is 0 Å². The van der Waals surface area contributed by atoms with Crippen molar-refractivity contribution in [3.63, 3.8) is 0 Å². The number of nitrogens with zero attached hydrogens (tertiary/aromatic N) is 1. The first-order chi connectivity index (χ1) is 19.4. The molecule has 2 amide bonds. The van der Waals surface area contributed by atoms with Crippen molar-refractivity contribution in [2.45, 2.75) is 25.3 Å². The van der Waals surface area contributed by atoms with Gasteiger partial charge in [0.2, 0.25) is 5.91 Å². The highest BCUT2D eigenvalue weighted by Gasteiger charge is 2.21. The highest BCUT2D eigenvalue weighted by molar-refractivity contribution is 5.98. The van der Waals surface area contributed by atoms with Gasteiger partial charge in [-0.25, -0.2) is 0 Å². The molecule has 208 valence electrons. The fourth-order valence-electron chi connectivity index (χ4n) is 4.76. The quantitative estimate of drug-likeness (QED) is 0.101. The summed E-state index contributed by atoms with van der Waals surface area (Å²) < 4.78 is 0. The molecule has 0 unspecified atom stereocenters. The molecule has 40 heavy (non-hydrogen) atoms. The van der Waals surface area contributed by atoms with E-state index in [0.717, 1.165) is 17.2 Å². The Morgan fingerprint density at radius 2 is 1.48 bits per heavy atom. The second-order valence-electron chi connectivity index (χ2n) is 10.00. The van der Waals surface area contributed by atoms with Crippen LogP contribution < -0.4 is 21.7 Å². The lowest BCUT2D eigenvalue weighted by Crippen LogP contribution is -2.48. The van der Waals surface area contributed by atoms with E-state index in [-0.39, 0.29) is 17.8 Å². The second-order valence-corrected chi connectivity index (χ2v) is 10.00. The van der Waals surface area contributed by atoms with E-state index in [0.29, 0.717) is 44.6 Å². The van der Waals surface area contributed by atoms with Crippen molar-refractivity contribution in [3.8, 4) is 0 Å². The molecule has 4 aromatic carbocycles. The molecule has 0 saturated carbocycles. The average molecular weight is 539 g/mol. The summed E-state index contributed by atoms with van der Waals surface area (Å²) in [5.74, 6) is -0.224. The SMILES string of the molecule is CN(CCc1ccc2ccccc2c1)C(=O)[C@H](CCCNC(=N)N)NCCNC(=O)c1ccc2ccccc2c1. The van der Waals surface area contributed by atoms with Gasteiger partial charge in [0.25, 0.3) is 5.91 Å². The van der Waals surface area contributed by atoms with Gasteiger partial charge in [-0.05, 0) is 58.5 Å². The highest BCUT2D eigenvalue weighted by Crippen LogP contribution is 2.17. The molecule has 0 aromatic heterocycles. The number of carbonyl (C=O) groups excluding carboxylic acids is 2. The standard InChI is InChI=1S/C32H38N6O2/c1-38(20-16-23-12-13-24-7-2-4-9-26(24)21-23)31(40)29(11-6-17-37-32(33)34)35-18-19-36-30(39)28-15-14-25-8-3-5-10-27(25)22-28/h2-5,7-10,12-15,21-22,29,35H,6,11,16-20H2,1H3,(H,36,39)(H4,33,34,37)/t29-/m0/s1. The van der Waals surface area contributed by atoms with E-state index in [2.05, 4.69) is 46.3 Å². The molecule has 0 bridgehead atoms. The third-order valence-electron chi connectivity index (χ3n) is 7.02. The van der Waals surface area contributed by atoms with Crippen LogP contribution in [0.4, 0.5) is 0 Å². The van der Waals surface area contributed by atoms with Gasteiger partial charge in [-0.3, -0.25) is 15.0 Å². The lowest BCUT2D eigenvalue weighted by Gasteiger charge is -2.25. The molecule has 0 aliphatic rings. The van der Waals surface area contributed by atoms with Crippen LogP contribution in [0.15, 0.2) is 84.9 Å². The number of nitrogens with two attached hydrogens (primary N) is 1. The molecule has 0 radical (unpaired) electrons. The number of hydrogen-bond acceptors (Lipinski definition) is 4. The number of rotatable bonds is 13. The minimum atomic E-state index is -0.409. The molecule has 8 heteroatoms. The normalized spacial score (nSPS) is 11.7. The summed E-state index contributed by atoms with van der Waals surface area (Å²) in [5.41, 5.74) is 7.18. The molecule has 4 aromatic rings. The monoisotopic (exact) mass is 538 g/mol. The Balaban J connectivity index is 1.29. The Labute approximate surface area is 235 Å². The predicted molar refractivity (Wildman–Crippen MR) is 163 cm³/mol. The Bertz CT molecular complexity index is 1470. The van der Waals surface area contributed by atoms with E-state index in [4.69, 9.17) is 11.1 Å². The highest BCUT2D eigenvalue weighted by atomic mass is 16.2. The lowest BCUT2D eigenvalue weighted by molar-refractivity contribution is -0.132. The molecule has 0 fully saturated rings. The maximum Gasteiger partial charge on any atom is 0.251 e. The summed E-state index contributed by atoms with van der Waals surface area (Å²) in [4.78, 5) is 27.8. The van der Waals surface area contributed by atoms with Crippen molar-refractivity contribution in [2.24, 2.45) is 5.73 Å². The van der Waals surface area contributed by atoms with Crippen LogP contribution in [0.25, 0.3) is 21.5 Å². The Kier molecular flexibility index (Phi) is 10.1. The minimum Gasteiger partial charge on any atom is -0.370 e. The summed E-state index contributed by atoms with van der Waals surface area (Å²) >= 11 is 0. The van der Waals surface area contributed by atoms with Crippen molar-refractivity contribution in [2.75, 3.05) is 33.2 Å². The van der Waals surface area contributed by atoms with Crippen molar-refractivity contribution in [3.05, 3.63) is 96.1 Å². The largest absolute Gasteiger partial charge is 0.370 e. The van der Waals surface area contributed by atoms with Crippen molar-refractivity contribution < 1.29 is 9.59 Å². The molecule has 1 atom stereocenters.